The third-order valence-corrected chi connectivity index (χ3v) is 4.12. The van der Waals surface area contributed by atoms with Crippen LogP contribution in [0.2, 0.25) is 0 Å². The number of nitrogens with one attached hydrogen (secondary N) is 1. The van der Waals surface area contributed by atoms with Gasteiger partial charge in [0.05, 0.1) is 12.8 Å². The van der Waals surface area contributed by atoms with E-state index < -0.39 is 0 Å². The van der Waals surface area contributed by atoms with Crippen molar-refractivity contribution in [2.75, 3.05) is 12.4 Å². The van der Waals surface area contributed by atoms with Crippen molar-refractivity contribution in [3.63, 3.8) is 0 Å². The number of fused-ring (bicyclic) bond motifs is 1. The Morgan fingerprint density at radius 3 is 2.69 bits per heavy atom. The molecule has 0 saturated heterocycles. The zero-order valence-electron chi connectivity index (χ0n) is 14.1. The van der Waals surface area contributed by atoms with Crippen molar-refractivity contribution < 1.29 is 9.13 Å². The van der Waals surface area contributed by atoms with Gasteiger partial charge in [0, 0.05) is 23.9 Å². The summed E-state index contributed by atoms with van der Waals surface area (Å²) in [6.07, 6.45) is 1.83. The molecule has 1 N–H and O–H groups in total. The molecule has 0 aliphatic rings. The summed E-state index contributed by atoms with van der Waals surface area (Å²) in [4.78, 5) is 0. The lowest BCUT2D eigenvalue weighted by molar-refractivity contribution is 0.416. The first kappa shape index (κ1) is 16.0. The predicted molar refractivity (Wildman–Crippen MR) is 96.5 cm³/mol. The van der Waals surface area contributed by atoms with Gasteiger partial charge in [-0.2, -0.15) is 4.52 Å². The molecule has 2 aromatic heterocycles. The summed E-state index contributed by atoms with van der Waals surface area (Å²) in [7, 11) is 1.64. The van der Waals surface area contributed by atoms with E-state index in [9.17, 15) is 4.39 Å². The van der Waals surface area contributed by atoms with Crippen LogP contribution in [0.25, 0.3) is 16.8 Å². The summed E-state index contributed by atoms with van der Waals surface area (Å²) in [5.74, 6) is 0.494. The van der Waals surface area contributed by atoms with Gasteiger partial charge in [-0.15, -0.1) is 5.10 Å². The number of hydrogen-bond donors (Lipinski definition) is 1. The molecule has 0 spiro atoms. The Hall–Kier alpha value is -3.48. The topological polar surface area (TPSA) is 64.3 Å². The summed E-state index contributed by atoms with van der Waals surface area (Å²) >= 11 is 0. The molecule has 0 aliphatic heterocycles. The Labute approximate surface area is 149 Å². The molecule has 2 aromatic carbocycles. The van der Waals surface area contributed by atoms with Gasteiger partial charge in [-0.25, -0.2) is 4.39 Å². The zero-order valence-corrected chi connectivity index (χ0v) is 14.1. The molecule has 0 aliphatic carbocycles. The fourth-order valence-corrected chi connectivity index (χ4v) is 2.82. The minimum absolute atomic E-state index is 0.268. The van der Waals surface area contributed by atoms with E-state index in [0.29, 0.717) is 12.2 Å². The lowest BCUT2D eigenvalue weighted by Crippen LogP contribution is -2.04. The number of tetrazole rings is 1. The Morgan fingerprint density at radius 2 is 1.88 bits per heavy atom. The van der Waals surface area contributed by atoms with Crippen molar-refractivity contribution in [2.24, 2.45) is 0 Å². The van der Waals surface area contributed by atoms with Crippen molar-refractivity contribution in [3.05, 3.63) is 72.2 Å². The minimum atomic E-state index is -0.268. The number of anilines is 1. The third kappa shape index (κ3) is 3.06. The standard InChI is InChI=1S/C19H16FN5O/c1-26-18-5-3-2-4-17(18)21-11-14-10-15(12-25-19(14)22-23-24-25)13-6-8-16(20)9-7-13/h2-10,12,21H,11H2,1H3. The quantitative estimate of drug-likeness (QED) is 0.597. The molecular weight excluding hydrogens is 333 g/mol. The van der Waals surface area contributed by atoms with Crippen LogP contribution in [-0.2, 0) is 6.54 Å². The van der Waals surface area contributed by atoms with Gasteiger partial charge in [-0.1, -0.05) is 24.3 Å². The molecule has 26 heavy (non-hydrogen) atoms. The summed E-state index contributed by atoms with van der Waals surface area (Å²) in [5, 5.41) is 15.2. The van der Waals surface area contributed by atoms with Crippen LogP contribution >= 0.6 is 0 Å². The Morgan fingerprint density at radius 1 is 1.08 bits per heavy atom. The minimum Gasteiger partial charge on any atom is -0.495 e. The number of para-hydroxylation sites is 2. The molecule has 130 valence electrons. The first-order valence-electron chi connectivity index (χ1n) is 8.08. The van der Waals surface area contributed by atoms with Gasteiger partial charge in [0.15, 0.2) is 5.65 Å². The van der Waals surface area contributed by atoms with Gasteiger partial charge in [0.2, 0.25) is 0 Å². The van der Waals surface area contributed by atoms with Crippen molar-refractivity contribution in [1.29, 1.82) is 0 Å². The summed E-state index contributed by atoms with van der Waals surface area (Å²) < 4.78 is 20.2. The maximum absolute atomic E-state index is 13.2. The van der Waals surface area contributed by atoms with Crippen LogP contribution in [0.1, 0.15) is 5.56 Å². The Bertz CT molecular complexity index is 1050. The smallest absolute Gasteiger partial charge is 0.184 e. The van der Waals surface area contributed by atoms with Crippen LogP contribution in [0.4, 0.5) is 10.1 Å². The van der Waals surface area contributed by atoms with Crippen molar-refractivity contribution in [2.45, 2.75) is 6.54 Å². The monoisotopic (exact) mass is 349 g/mol. The number of halogens is 1. The molecule has 0 radical (unpaired) electrons. The van der Waals surface area contributed by atoms with E-state index >= 15 is 0 Å². The number of ether oxygens (including phenoxy) is 1. The Kier molecular flexibility index (Phi) is 4.18. The number of pyridine rings is 1. The largest absolute Gasteiger partial charge is 0.495 e. The first-order valence-corrected chi connectivity index (χ1v) is 8.08. The second-order valence-electron chi connectivity index (χ2n) is 5.76. The maximum atomic E-state index is 13.2. The lowest BCUT2D eigenvalue weighted by atomic mass is 10.1. The number of hydrogen-bond acceptors (Lipinski definition) is 5. The number of methoxy groups -OCH3 is 1. The van der Waals surface area contributed by atoms with E-state index in [4.69, 9.17) is 4.74 Å². The molecule has 0 unspecified atom stereocenters. The van der Waals surface area contributed by atoms with Crippen LogP contribution in [0.3, 0.4) is 0 Å². The van der Waals surface area contributed by atoms with E-state index in [1.165, 1.54) is 12.1 Å². The van der Waals surface area contributed by atoms with Crippen LogP contribution in [-0.4, -0.2) is 27.2 Å². The third-order valence-electron chi connectivity index (χ3n) is 4.12. The number of nitrogens with zero attached hydrogens (tertiary/aromatic N) is 4. The average Bonchev–Trinajstić information content (AvgIpc) is 3.15. The zero-order chi connectivity index (χ0) is 17.9. The molecule has 0 bridgehead atoms. The molecule has 4 rings (SSSR count). The highest BCUT2D eigenvalue weighted by atomic mass is 19.1. The van der Waals surface area contributed by atoms with Crippen molar-refractivity contribution in [3.8, 4) is 16.9 Å². The van der Waals surface area contributed by atoms with Gasteiger partial charge in [-0.05, 0) is 46.3 Å². The fourth-order valence-electron chi connectivity index (χ4n) is 2.82. The highest BCUT2D eigenvalue weighted by molar-refractivity contribution is 5.67. The van der Waals surface area contributed by atoms with E-state index in [-0.39, 0.29) is 5.82 Å². The van der Waals surface area contributed by atoms with E-state index in [2.05, 4.69) is 20.8 Å². The van der Waals surface area contributed by atoms with Crippen LogP contribution in [0, 0.1) is 5.82 Å². The maximum Gasteiger partial charge on any atom is 0.184 e. The van der Waals surface area contributed by atoms with Gasteiger partial charge in [0.25, 0.3) is 0 Å². The van der Waals surface area contributed by atoms with Crippen LogP contribution in [0.15, 0.2) is 60.8 Å². The Balaban J connectivity index is 1.69. The second-order valence-corrected chi connectivity index (χ2v) is 5.76. The number of benzene rings is 2. The van der Waals surface area contributed by atoms with Crippen molar-refractivity contribution >= 4 is 11.3 Å². The fraction of sp³-hybridized carbons (Fsp3) is 0.105. The predicted octanol–water partition coefficient (Wildman–Crippen LogP) is 3.55. The second kappa shape index (κ2) is 6.79. The molecule has 0 fully saturated rings. The molecule has 6 nitrogen and oxygen atoms in total. The summed E-state index contributed by atoms with van der Waals surface area (Å²) in [6, 6.07) is 16.0. The van der Waals surface area contributed by atoms with E-state index in [0.717, 1.165) is 28.1 Å². The molecule has 0 atom stereocenters. The normalized spacial score (nSPS) is 10.8. The molecule has 0 amide bonds. The number of rotatable bonds is 5. The highest BCUT2D eigenvalue weighted by Crippen LogP contribution is 2.26. The average molecular weight is 349 g/mol. The van der Waals surface area contributed by atoms with Crippen LogP contribution in [0.5, 0.6) is 5.75 Å². The number of aromatic nitrogens is 4. The summed E-state index contributed by atoms with van der Waals surface area (Å²) in [6.45, 7) is 0.513. The SMILES string of the molecule is COc1ccccc1NCc1cc(-c2ccc(F)cc2)cn2nnnc12. The van der Waals surface area contributed by atoms with Crippen molar-refractivity contribution in [1.82, 2.24) is 20.0 Å². The van der Waals surface area contributed by atoms with E-state index in [1.54, 1.807) is 23.8 Å². The van der Waals surface area contributed by atoms with Gasteiger partial charge in [-0.3, -0.25) is 0 Å². The molecule has 7 heteroatoms. The molecule has 0 saturated carbocycles. The van der Waals surface area contributed by atoms with E-state index in [1.807, 2.05) is 36.5 Å². The lowest BCUT2D eigenvalue weighted by Gasteiger charge is -2.12. The molecular formula is C19H16FN5O. The van der Waals surface area contributed by atoms with Gasteiger partial charge >= 0.3 is 0 Å². The summed E-state index contributed by atoms with van der Waals surface area (Å²) in [5.41, 5.74) is 4.26. The van der Waals surface area contributed by atoms with Crippen LogP contribution < -0.4 is 10.1 Å². The molecule has 2 heterocycles. The first-order chi connectivity index (χ1) is 12.7. The van der Waals surface area contributed by atoms with Gasteiger partial charge in [0.1, 0.15) is 11.6 Å². The van der Waals surface area contributed by atoms with Gasteiger partial charge < -0.3 is 10.1 Å². The highest BCUT2D eigenvalue weighted by Gasteiger charge is 2.10. The molecule has 4 aromatic rings.